The molecule has 0 saturated carbocycles. The highest BCUT2D eigenvalue weighted by Crippen LogP contribution is 2.27. The summed E-state index contributed by atoms with van der Waals surface area (Å²) in [6, 6.07) is 15.7. The van der Waals surface area contributed by atoms with Crippen LogP contribution in [0.3, 0.4) is 0 Å². The number of methoxy groups -OCH3 is 1. The van der Waals surface area contributed by atoms with E-state index in [-0.39, 0.29) is 6.54 Å². The third kappa shape index (κ3) is 6.59. The maximum atomic E-state index is 12.6. The highest BCUT2D eigenvalue weighted by atomic mass is 32.2. The van der Waals surface area contributed by atoms with Gasteiger partial charge < -0.3 is 25.2 Å². The first kappa shape index (κ1) is 24.8. The molecule has 3 N–H and O–H groups in total. The van der Waals surface area contributed by atoms with E-state index in [1.807, 2.05) is 0 Å². The Kier molecular flexibility index (Phi) is 8.16. The molecule has 5 atom stereocenters. The minimum Gasteiger partial charge on any atom is -0.376 e. The van der Waals surface area contributed by atoms with Crippen molar-refractivity contribution in [3.8, 4) is 0 Å². The number of carbonyl (C=O) groups excluding carboxylic acids is 2. The molecule has 1 saturated heterocycles. The lowest BCUT2D eigenvalue weighted by Gasteiger charge is -2.27. The van der Waals surface area contributed by atoms with Crippen LogP contribution in [-0.2, 0) is 23.8 Å². The number of ether oxygens (including phenoxy) is 2. The molecule has 5 unspecified atom stereocenters. The Bertz CT molecular complexity index is 1050. The van der Waals surface area contributed by atoms with Crippen molar-refractivity contribution in [1.29, 1.82) is 0 Å². The van der Waals surface area contributed by atoms with E-state index in [1.165, 1.54) is 7.11 Å². The number of benzene rings is 2. The van der Waals surface area contributed by atoms with Crippen LogP contribution in [-0.4, -0.2) is 75.9 Å². The van der Waals surface area contributed by atoms with Crippen molar-refractivity contribution in [2.45, 2.75) is 30.6 Å². The smallest absolute Gasteiger partial charge is 0.264 e. The third-order valence-electron chi connectivity index (χ3n) is 5.05. The Morgan fingerprint density at radius 2 is 1.58 bits per heavy atom. The topological polar surface area (TPSA) is 140 Å². The Balaban J connectivity index is 1.76. The molecule has 1 aliphatic rings. The van der Waals surface area contributed by atoms with Crippen molar-refractivity contribution in [3.63, 3.8) is 0 Å². The fraction of sp³-hybridized carbons (Fsp3) is 0.364. The summed E-state index contributed by atoms with van der Waals surface area (Å²) in [7, 11) is -2.63. The molecule has 0 spiro atoms. The zero-order valence-corrected chi connectivity index (χ0v) is 18.9. The van der Waals surface area contributed by atoms with E-state index in [0.717, 1.165) is 6.26 Å². The SMILES string of the molecule is COC1C(NC(=O)c2ccccc2)C(O)OC1C(CNC(=O)c1ccccc1)OS(C)(=O)=O. The van der Waals surface area contributed by atoms with Crippen LogP contribution in [0.4, 0.5) is 0 Å². The molecule has 2 aromatic carbocycles. The highest BCUT2D eigenvalue weighted by molar-refractivity contribution is 7.86. The van der Waals surface area contributed by atoms with Gasteiger partial charge in [0.25, 0.3) is 21.9 Å². The quantitative estimate of drug-likeness (QED) is 0.437. The van der Waals surface area contributed by atoms with Crippen molar-refractivity contribution in [1.82, 2.24) is 10.6 Å². The van der Waals surface area contributed by atoms with E-state index in [9.17, 15) is 23.1 Å². The fourth-order valence-corrected chi connectivity index (χ4v) is 4.19. The van der Waals surface area contributed by atoms with Crippen LogP contribution in [0.25, 0.3) is 0 Å². The molecular weight excluding hydrogens is 452 g/mol. The molecule has 0 aromatic heterocycles. The van der Waals surface area contributed by atoms with Gasteiger partial charge in [0.15, 0.2) is 6.29 Å². The average Bonchev–Trinajstić information content (AvgIpc) is 3.11. The standard InChI is InChI=1S/C22H26N2O8S/c1-30-19-17(24-21(26)15-11-7-4-8-12-15)22(27)31-18(19)16(32-33(2,28)29)13-23-20(25)14-9-5-3-6-10-14/h3-12,16-19,22,27H,13H2,1-2H3,(H,23,25)(H,24,26). The van der Waals surface area contributed by atoms with Crippen molar-refractivity contribution in [3.05, 3.63) is 71.8 Å². The summed E-state index contributed by atoms with van der Waals surface area (Å²) in [6.45, 7) is -0.253. The Morgan fingerprint density at radius 3 is 2.09 bits per heavy atom. The number of amides is 2. The summed E-state index contributed by atoms with van der Waals surface area (Å²) >= 11 is 0. The number of aliphatic hydroxyl groups is 1. The zero-order chi connectivity index (χ0) is 24.0. The summed E-state index contributed by atoms with van der Waals surface area (Å²) in [4.78, 5) is 25.0. The lowest BCUT2D eigenvalue weighted by molar-refractivity contribution is -0.127. The van der Waals surface area contributed by atoms with Gasteiger partial charge in [0.2, 0.25) is 0 Å². The van der Waals surface area contributed by atoms with Crippen LogP contribution in [0.2, 0.25) is 0 Å². The maximum absolute atomic E-state index is 12.6. The summed E-state index contributed by atoms with van der Waals surface area (Å²) in [5.74, 6) is -0.914. The van der Waals surface area contributed by atoms with Gasteiger partial charge in [0, 0.05) is 24.8 Å². The molecule has 11 heteroatoms. The second-order valence-corrected chi connectivity index (χ2v) is 9.07. The largest absolute Gasteiger partial charge is 0.376 e. The molecule has 0 aliphatic carbocycles. The van der Waals surface area contributed by atoms with Gasteiger partial charge in [-0.05, 0) is 24.3 Å². The predicted octanol–water partition coefficient (Wildman–Crippen LogP) is 0.292. The van der Waals surface area contributed by atoms with E-state index in [1.54, 1.807) is 60.7 Å². The number of nitrogens with one attached hydrogen (secondary N) is 2. The number of carbonyl (C=O) groups is 2. The molecule has 1 heterocycles. The van der Waals surface area contributed by atoms with Crippen molar-refractivity contribution in [2.24, 2.45) is 0 Å². The van der Waals surface area contributed by atoms with E-state index in [4.69, 9.17) is 13.7 Å². The lowest BCUT2D eigenvalue weighted by atomic mass is 10.0. The zero-order valence-electron chi connectivity index (χ0n) is 18.1. The summed E-state index contributed by atoms with van der Waals surface area (Å²) in [5.41, 5.74) is 0.737. The minimum absolute atomic E-state index is 0.253. The second kappa shape index (κ2) is 10.9. The highest BCUT2D eigenvalue weighted by Gasteiger charge is 2.49. The fourth-order valence-electron chi connectivity index (χ4n) is 3.56. The van der Waals surface area contributed by atoms with Crippen LogP contribution >= 0.6 is 0 Å². The van der Waals surface area contributed by atoms with E-state index in [0.29, 0.717) is 11.1 Å². The van der Waals surface area contributed by atoms with Gasteiger partial charge >= 0.3 is 0 Å². The summed E-state index contributed by atoms with van der Waals surface area (Å²) in [5, 5.41) is 15.7. The van der Waals surface area contributed by atoms with Gasteiger partial charge in [-0.1, -0.05) is 36.4 Å². The van der Waals surface area contributed by atoms with E-state index >= 15 is 0 Å². The van der Waals surface area contributed by atoms with Crippen molar-refractivity contribution >= 4 is 21.9 Å². The molecule has 33 heavy (non-hydrogen) atoms. The first-order valence-electron chi connectivity index (χ1n) is 10.1. The molecule has 0 radical (unpaired) electrons. The molecule has 0 bridgehead atoms. The average molecular weight is 479 g/mol. The van der Waals surface area contributed by atoms with Gasteiger partial charge in [-0.15, -0.1) is 0 Å². The Hall–Kier alpha value is -2.83. The number of hydrogen-bond acceptors (Lipinski definition) is 8. The molecule has 3 rings (SSSR count). The van der Waals surface area contributed by atoms with Crippen LogP contribution in [0.5, 0.6) is 0 Å². The van der Waals surface area contributed by atoms with Gasteiger partial charge in [-0.3, -0.25) is 13.8 Å². The molecule has 2 aromatic rings. The van der Waals surface area contributed by atoms with Crippen molar-refractivity contribution < 1.29 is 36.8 Å². The Morgan fingerprint density at radius 1 is 1.03 bits per heavy atom. The van der Waals surface area contributed by atoms with Crippen LogP contribution < -0.4 is 10.6 Å². The van der Waals surface area contributed by atoms with Crippen LogP contribution in [0, 0.1) is 0 Å². The van der Waals surface area contributed by atoms with Gasteiger partial charge in [-0.25, -0.2) is 0 Å². The number of hydrogen-bond donors (Lipinski definition) is 3. The minimum atomic E-state index is -3.96. The molecule has 10 nitrogen and oxygen atoms in total. The molecule has 178 valence electrons. The summed E-state index contributed by atoms with van der Waals surface area (Å²) < 4.78 is 39.9. The van der Waals surface area contributed by atoms with Crippen LogP contribution in [0.1, 0.15) is 20.7 Å². The lowest BCUT2D eigenvalue weighted by Crippen LogP contribution is -2.52. The Labute approximate surface area is 192 Å². The van der Waals surface area contributed by atoms with Gasteiger partial charge in [0.05, 0.1) is 6.26 Å². The molecule has 2 amide bonds. The molecule has 1 fully saturated rings. The first-order valence-corrected chi connectivity index (χ1v) is 11.9. The first-order chi connectivity index (χ1) is 15.7. The van der Waals surface area contributed by atoms with Crippen molar-refractivity contribution in [2.75, 3.05) is 19.9 Å². The van der Waals surface area contributed by atoms with Crippen LogP contribution in [0.15, 0.2) is 60.7 Å². The van der Waals surface area contributed by atoms with Gasteiger partial charge in [0.1, 0.15) is 24.4 Å². The predicted molar refractivity (Wildman–Crippen MR) is 118 cm³/mol. The van der Waals surface area contributed by atoms with E-state index < -0.39 is 52.6 Å². The second-order valence-electron chi connectivity index (χ2n) is 7.47. The van der Waals surface area contributed by atoms with E-state index in [2.05, 4.69) is 10.6 Å². The third-order valence-corrected chi connectivity index (χ3v) is 5.65. The number of rotatable bonds is 9. The normalized spacial score (nSPS) is 23.6. The maximum Gasteiger partial charge on any atom is 0.264 e. The molecule has 1 aliphatic heterocycles. The summed E-state index contributed by atoms with van der Waals surface area (Å²) in [6.07, 6.45) is -3.94. The molecular formula is C22H26N2O8S. The van der Waals surface area contributed by atoms with Gasteiger partial charge in [-0.2, -0.15) is 8.42 Å². The monoisotopic (exact) mass is 478 g/mol. The number of aliphatic hydroxyl groups excluding tert-OH is 1.